The Hall–Kier alpha value is -1.35. The fraction of sp³-hybridized carbons (Fsp3) is 0.632. The van der Waals surface area contributed by atoms with Crippen molar-refractivity contribution < 1.29 is 4.79 Å². The highest BCUT2D eigenvalue weighted by Gasteiger charge is 2.23. The Morgan fingerprint density at radius 3 is 2.36 bits per heavy atom. The number of nitrogens with one attached hydrogen (secondary N) is 2. The summed E-state index contributed by atoms with van der Waals surface area (Å²) in [5, 5.41) is 0. The quantitative estimate of drug-likeness (QED) is 0.770. The lowest BCUT2D eigenvalue weighted by Crippen LogP contribution is -2.48. The monoisotopic (exact) mass is 302 g/mol. The van der Waals surface area contributed by atoms with E-state index in [4.69, 9.17) is 0 Å². The molecular weight excluding hydrogens is 272 g/mol. The van der Waals surface area contributed by atoms with Gasteiger partial charge in [0.2, 0.25) is 0 Å². The lowest BCUT2D eigenvalue weighted by atomic mass is 9.82. The predicted octanol–water partition coefficient (Wildman–Crippen LogP) is 4.29. The lowest BCUT2D eigenvalue weighted by Gasteiger charge is -2.31. The predicted molar refractivity (Wildman–Crippen MR) is 91.8 cm³/mol. The molecule has 1 aromatic rings. The third-order valence-electron chi connectivity index (χ3n) is 4.67. The number of carbonyl (C=O) groups excluding carboxylic acids is 1. The van der Waals surface area contributed by atoms with Gasteiger partial charge in [-0.3, -0.25) is 10.2 Å². The summed E-state index contributed by atoms with van der Waals surface area (Å²) in [6.07, 6.45) is 8.87. The fourth-order valence-electron chi connectivity index (χ4n) is 3.61. The first-order valence-electron chi connectivity index (χ1n) is 8.74. The maximum Gasteiger partial charge on any atom is 0.265 e. The van der Waals surface area contributed by atoms with Gasteiger partial charge in [0, 0.05) is 11.6 Å². The molecule has 3 nitrogen and oxygen atoms in total. The largest absolute Gasteiger partial charge is 0.287 e. The molecule has 1 saturated carbocycles. The molecule has 1 atom stereocenters. The summed E-state index contributed by atoms with van der Waals surface area (Å²) >= 11 is 0. The van der Waals surface area contributed by atoms with Crippen molar-refractivity contribution in [3.8, 4) is 0 Å². The average Bonchev–Trinajstić information content (AvgIpc) is 2.51. The number of aryl methyl sites for hydroxylation is 2. The minimum Gasteiger partial charge on any atom is -0.287 e. The van der Waals surface area contributed by atoms with Crippen LogP contribution in [0.25, 0.3) is 0 Å². The molecule has 0 spiro atoms. The van der Waals surface area contributed by atoms with E-state index in [2.05, 4.69) is 23.8 Å². The van der Waals surface area contributed by atoms with Crippen molar-refractivity contribution in [1.29, 1.82) is 0 Å². The van der Waals surface area contributed by atoms with Crippen LogP contribution in [0.3, 0.4) is 0 Å². The highest BCUT2D eigenvalue weighted by Crippen LogP contribution is 2.28. The van der Waals surface area contributed by atoms with Crippen molar-refractivity contribution in [3.63, 3.8) is 0 Å². The maximum absolute atomic E-state index is 12.4. The first-order chi connectivity index (χ1) is 10.6. The van der Waals surface area contributed by atoms with Crippen LogP contribution in [-0.4, -0.2) is 11.9 Å². The standard InChI is InChI=1S/C19H30N2O/c1-4-8-18(16-9-6-5-7-10-16)20-21-19(22)17-12-14(2)11-15(3)13-17/h11-13,16,18,20H,4-10H2,1-3H3,(H,21,22)/t18-/m0/s1. The van der Waals surface area contributed by atoms with Crippen LogP contribution in [0, 0.1) is 19.8 Å². The van der Waals surface area contributed by atoms with Gasteiger partial charge in [0.1, 0.15) is 0 Å². The van der Waals surface area contributed by atoms with Crippen LogP contribution in [-0.2, 0) is 0 Å². The topological polar surface area (TPSA) is 41.1 Å². The smallest absolute Gasteiger partial charge is 0.265 e. The van der Waals surface area contributed by atoms with Gasteiger partial charge in [-0.1, -0.05) is 49.8 Å². The summed E-state index contributed by atoms with van der Waals surface area (Å²) in [5.74, 6) is 0.678. The Bertz CT molecular complexity index is 472. The Morgan fingerprint density at radius 2 is 1.77 bits per heavy atom. The minimum atomic E-state index is -0.0243. The Morgan fingerprint density at radius 1 is 1.14 bits per heavy atom. The molecule has 22 heavy (non-hydrogen) atoms. The number of amides is 1. The van der Waals surface area contributed by atoms with Crippen LogP contribution in [0.4, 0.5) is 0 Å². The molecule has 2 rings (SSSR count). The third kappa shape index (κ3) is 4.84. The van der Waals surface area contributed by atoms with Crippen LogP contribution in [0.2, 0.25) is 0 Å². The highest BCUT2D eigenvalue weighted by atomic mass is 16.2. The molecule has 0 aromatic heterocycles. The van der Waals surface area contributed by atoms with E-state index in [9.17, 15) is 4.79 Å². The number of rotatable bonds is 6. The van der Waals surface area contributed by atoms with E-state index in [0.717, 1.165) is 29.5 Å². The normalized spacial score (nSPS) is 17.2. The van der Waals surface area contributed by atoms with Crippen molar-refractivity contribution in [1.82, 2.24) is 10.9 Å². The second-order valence-electron chi connectivity index (χ2n) is 6.77. The van der Waals surface area contributed by atoms with E-state index in [0.29, 0.717) is 12.0 Å². The molecule has 2 N–H and O–H groups in total. The molecule has 0 bridgehead atoms. The fourth-order valence-corrected chi connectivity index (χ4v) is 3.61. The molecule has 0 heterocycles. The lowest BCUT2D eigenvalue weighted by molar-refractivity contribution is 0.0909. The van der Waals surface area contributed by atoms with E-state index < -0.39 is 0 Å². The van der Waals surface area contributed by atoms with Gasteiger partial charge in [-0.05, 0) is 51.2 Å². The Balaban J connectivity index is 1.94. The minimum absolute atomic E-state index is 0.0243. The van der Waals surface area contributed by atoms with E-state index in [1.807, 2.05) is 26.0 Å². The van der Waals surface area contributed by atoms with Gasteiger partial charge < -0.3 is 0 Å². The van der Waals surface area contributed by atoms with Crippen molar-refractivity contribution in [2.45, 2.75) is 71.8 Å². The first-order valence-corrected chi connectivity index (χ1v) is 8.74. The van der Waals surface area contributed by atoms with Gasteiger partial charge in [-0.2, -0.15) is 0 Å². The SMILES string of the molecule is CCC[C@H](NNC(=O)c1cc(C)cc(C)c1)C1CCCCC1. The number of hydrazine groups is 1. The zero-order chi connectivity index (χ0) is 15.9. The van der Waals surface area contributed by atoms with Gasteiger partial charge in [-0.25, -0.2) is 5.43 Å². The molecule has 0 saturated heterocycles. The molecule has 122 valence electrons. The van der Waals surface area contributed by atoms with Crippen LogP contribution in [0.5, 0.6) is 0 Å². The third-order valence-corrected chi connectivity index (χ3v) is 4.67. The van der Waals surface area contributed by atoms with Crippen molar-refractivity contribution >= 4 is 5.91 Å². The van der Waals surface area contributed by atoms with Gasteiger partial charge >= 0.3 is 0 Å². The van der Waals surface area contributed by atoms with Gasteiger partial charge in [0.25, 0.3) is 5.91 Å². The number of benzene rings is 1. The second kappa shape index (κ2) is 8.33. The zero-order valence-corrected chi connectivity index (χ0v) is 14.2. The maximum atomic E-state index is 12.4. The van der Waals surface area contributed by atoms with Crippen LogP contribution >= 0.6 is 0 Å². The van der Waals surface area contributed by atoms with Crippen LogP contribution < -0.4 is 10.9 Å². The second-order valence-corrected chi connectivity index (χ2v) is 6.77. The molecule has 1 aliphatic rings. The molecule has 1 aliphatic carbocycles. The van der Waals surface area contributed by atoms with Crippen molar-refractivity contribution in [2.75, 3.05) is 0 Å². The highest BCUT2D eigenvalue weighted by molar-refractivity contribution is 5.94. The summed E-state index contributed by atoms with van der Waals surface area (Å²) in [6, 6.07) is 6.38. The molecular formula is C19H30N2O. The van der Waals surface area contributed by atoms with E-state index in [-0.39, 0.29) is 5.91 Å². The van der Waals surface area contributed by atoms with Crippen molar-refractivity contribution in [3.05, 3.63) is 34.9 Å². The summed E-state index contributed by atoms with van der Waals surface area (Å²) in [6.45, 7) is 6.27. The first kappa shape index (κ1) is 17.0. The molecule has 0 unspecified atom stereocenters. The van der Waals surface area contributed by atoms with E-state index >= 15 is 0 Å². The summed E-state index contributed by atoms with van der Waals surface area (Å²) < 4.78 is 0. The Labute approximate surface area is 134 Å². The number of carbonyl (C=O) groups is 1. The van der Waals surface area contributed by atoms with Gasteiger partial charge in [-0.15, -0.1) is 0 Å². The van der Waals surface area contributed by atoms with E-state index in [1.54, 1.807) is 0 Å². The van der Waals surface area contributed by atoms with Crippen LogP contribution in [0.1, 0.15) is 73.4 Å². The summed E-state index contributed by atoms with van der Waals surface area (Å²) in [7, 11) is 0. The summed E-state index contributed by atoms with van der Waals surface area (Å²) in [4.78, 5) is 12.4. The zero-order valence-electron chi connectivity index (χ0n) is 14.2. The summed E-state index contributed by atoms with van der Waals surface area (Å²) in [5.41, 5.74) is 9.27. The molecule has 0 radical (unpaired) electrons. The molecule has 1 amide bonds. The van der Waals surface area contributed by atoms with Crippen LogP contribution in [0.15, 0.2) is 18.2 Å². The number of hydrogen-bond donors (Lipinski definition) is 2. The average molecular weight is 302 g/mol. The van der Waals surface area contributed by atoms with E-state index in [1.165, 1.54) is 32.1 Å². The molecule has 3 heteroatoms. The number of hydrogen-bond acceptors (Lipinski definition) is 2. The van der Waals surface area contributed by atoms with Gasteiger partial charge in [0.15, 0.2) is 0 Å². The molecule has 1 fully saturated rings. The Kier molecular flexibility index (Phi) is 6.44. The van der Waals surface area contributed by atoms with Gasteiger partial charge in [0.05, 0.1) is 0 Å². The molecule has 1 aromatic carbocycles. The van der Waals surface area contributed by atoms with Crippen molar-refractivity contribution in [2.24, 2.45) is 5.92 Å². The molecule has 0 aliphatic heterocycles.